The number of para-hydroxylation sites is 2. The Balaban J connectivity index is 1.65. The predicted octanol–water partition coefficient (Wildman–Crippen LogP) is 2.99. The van der Waals surface area contributed by atoms with Gasteiger partial charge in [0.05, 0.1) is 5.69 Å². The van der Waals surface area contributed by atoms with Gasteiger partial charge in [0.25, 0.3) is 5.91 Å². The van der Waals surface area contributed by atoms with E-state index in [9.17, 15) is 14.0 Å². The average Bonchev–Trinajstić information content (AvgIpc) is 2.63. The van der Waals surface area contributed by atoms with Gasteiger partial charge in [0, 0.05) is 32.1 Å². The Morgan fingerprint density at radius 3 is 2.65 bits per heavy atom. The van der Waals surface area contributed by atoms with E-state index in [-0.39, 0.29) is 37.1 Å². The minimum absolute atomic E-state index is 0.151. The molecule has 0 bridgehead atoms. The van der Waals surface area contributed by atoms with Crippen LogP contribution in [0.2, 0.25) is 0 Å². The van der Waals surface area contributed by atoms with Gasteiger partial charge >= 0.3 is 0 Å². The molecule has 1 atom stereocenters. The molecule has 2 aromatic carbocycles. The van der Waals surface area contributed by atoms with Crippen LogP contribution in [0.25, 0.3) is 0 Å². The highest BCUT2D eigenvalue weighted by molar-refractivity contribution is 6.00. The second-order valence-corrected chi connectivity index (χ2v) is 6.31. The van der Waals surface area contributed by atoms with Crippen LogP contribution in [0.15, 0.2) is 48.5 Å². The van der Waals surface area contributed by atoms with Crippen LogP contribution in [-0.2, 0) is 16.1 Å². The minimum Gasteiger partial charge on any atom is -0.479 e. The van der Waals surface area contributed by atoms with E-state index in [0.29, 0.717) is 17.0 Å². The Kier molecular flexibility index (Phi) is 5.21. The summed E-state index contributed by atoms with van der Waals surface area (Å²) < 4.78 is 19.3. The highest BCUT2D eigenvalue weighted by atomic mass is 19.1. The first-order valence-electron chi connectivity index (χ1n) is 8.52. The number of benzene rings is 2. The SMILES string of the molecule is C[C@H]1Oc2ccccc2N(CCC(=O)N(C)Cc2ccccc2F)C1=O. The molecule has 136 valence electrons. The number of rotatable bonds is 5. The maximum atomic E-state index is 13.7. The zero-order chi connectivity index (χ0) is 18.7. The van der Waals surface area contributed by atoms with Crippen molar-refractivity contribution in [1.29, 1.82) is 0 Å². The third-order valence-electron chi connectivity index (χ3n) is 4.41. The largest absolute Gasteiger partial charge is 0.479 e. The molecule has 0 N–H and O–H groups in total. The van der Waals surface area contributed by atoms with Gasteiger partial charge in [-0.15, -0.1) is 0 Å². The van der Waals surface area contributed by atoms with Crippen LogP contribution >= 0.6 is 0 Å². The van der Waals surface area contributed by atoms with Crippen molar-refractivity contribution in [2.24, 2.45) is 0 Å². The molecule has 1 heterocycles. The minimum atomic E-state index is -0.587. The number of hydrogen-bond acceptors (Lipinski definition) is 3. The molecule has 1 aliphatic heterocycles. The zero-order valence-electron chi connectivity index (χ0n) is 14.8. The number of fused-ring (bicyclic) bond motifs is 1. The summed E-state index contributed by atoms with van der Waals surface area (Å²) in [5.41, 5.74) is 1.13. The molecule has 6 heteroatoms. The summed E-state index contributed by atoms with van der Waals surface area (Å²) in [5.74, 6) is -0.0315. The van der Waals surface area contributed by atoms with Gasteiger partial charge < -0.3 is 14.5 Å². The molecule has 0 saturated heterocycles. The van der Waals surface area contributed by atoms with Crippen molar-refractivity contribution < 1.29 is 18.7 Å². The van der Waals surface area contributed by atoms with Crippen LogP contribution < -0.4 is 9.64 Å². The van der Waals surface area contributed by atoms with Crippen molar-refractivity contribution >= 4 is 17.5 Å². The monoisotopic (exact) mass is 356 g/mol. The number of halogens is 1. The normalized spacial score (nSPS) is 16.0. The number of hydrogen-bond donors (Lipinski definition) is 0. The first kappa shape index (κ1) is 17.9. The zero-order valence-corrected chi connectivity index (χ0v) is 14.8. The van der Waals surface area contributed by atoms with Gasteiger partial charge in [-0.25, -0.2) is 4.39 Å². The van der Waals surface area contributed by atoms with Crippen LogP contribution in [0.4, 0.5) is 10.1 Å². The molecule has 0 fully saturated rings. The van der Waals surface area contributed by atoms with Crippen molar-refractivity contribution in [3.05, 3.63) is 59.9 Å². The summed E-state index contributed by atoms with van der Waals surface area (Å²) in [7, 11) is 1.63. The van der Waals surface area contributed by atoms with Crippen LogP contribution in [-0.4, -0.2) is 36.4 Å². The van der Waals surface area contributed by atoms with E-state index in [0.717, 1.165) is 0 Å². The number of ether oxygens (including phenoxy) is 1. The molecule has 0 spiro atoms. The second-order valence-electron chi connectivity index (χ2n) is 6.31. The standard InChI is InChI=1S/C20H21FN2O3/c1-14-20(25)23(17-9-5-6-10-18(17)26-14)12-11-19(24)22(2)13-15-7-3-4-8-16(15)21/h3-10,14H,11-13H2,1-2H3/t14-/m1/s1. The maximum Gasteiger partial charge on any atom is 0.267 e. The Morgan fingerprint density at radius 2 is 1.88 bits per heavy atom. The van der Waals surface area contributed by atoms with Gasteiger partial charge in [-0.05, 0) is 25.1 Å². The fourth-order valence-corrected chi connectivity index (χ4v) is 2.96. The number of carbonyl (C=O) groups excluding carboxylic acids is 2. The van der Waals surface area contributed by atoms with Crippen molar-refractivity contribution in [1.82, 2.24) is 4.90 Å². The molecule has 2 amide bonds. The highest BCUT2D eigenvalue weighted by Crippen LogP contribution is 2.33. The smallest absolute Gasteiger partial charge is 0.267 e. The molecule has 1 aliphatic rings. The van der Waals surface area contributed by atoms with Gasteiger partial charge in [0.1, 0.15) is 11.6 Å². The lowest BCUT2D eigenvalue weighted by Gasteiger charge is -2.33. The number of nitrogens with zero attached hydrogens (tertiary/aromatic N) is 2. The van der Waals surface area contributed by atoms with Gasteiger partial charge in [0.15, 0.2) is 6.10 Å². The van der Waals surface area contributed by atoms with E-state index in [2.05, 4.69) is 0 Å². The number of amides is 2. The van der Waals surface area contributed by atoms with Gasteiger partial charge in [-0.1, -0.05) is 30.3 Å². The van der Waals surface area contributed by atoms with E-state index in [1.807, 2.05) is 12.1 Å². The maximum absolute atomic E-state index is 13.7. The molecule has 0 aromatic heterocycles. The van der Waals surface area contributed by atoms with E-state index in [4.69, 9.17) is 4.74 Å². The Labute approximate surface area is 152 Å². The van der Waals surface area contributed by atoms with Crippen molar-refractivity contribution in [2.45, 2.75) is 26.0 Å². The Hall–Kier alpha value is -2.89. The lowest BCUT2D eigenvalue weighted by atomic mass is 10.1. The van der Waals surface area contributed by atoms with Crippen LogP contribution in [0.5, 0.6) is 5.75 Å². The number of anilines is 1. The molecule has 0 unspecified atom stereocenters. The first-order chi connectivity index (χ1) is 12.5. The van der Waals surface area contributed by atoms with Crippen LogP contribution in [0.3, 0.4) is 0 Å². The first-order valence-corrected chi connectivity index (χ1v) is 8.52. The summed E-state index contributed by atoms with van der Waals surface area (Å²) in [4.78, 5) is 27.9. The molecule has 5 nitrogen and oxygen atoms in total. The van der Waals surface area contributed by atoms with Crippen LogP contribution in [0, 0.1) is 5.82 Å². The summed E-state index contributed by atoms with van der Waals surface area (Å²) in [6.45, 7) is 2.14. The third kappa shape index (κ3) is 3.69. The van der Waals surface area contributed by atoms with E-state index >= 15 is 0 Å². The Morgan fingerprint density at radius 1 is 1.19 bits per heavy atom. The lowest BCUT2D eigenvalue weighted by molar-refractivity contribution is -0.130. The molecule has 26 heavy (non-hydrogen) atoms. The Bertz CT molecular complexity index is 824. The van der Waals surface area contributed by atoms with Gasteiger partial charge in [0.2, 0.25) is 5.91 Å². The summed E-state index contributed by atoms with van der Waals surface area (Å²) in [5, 5.41) is 0. The summed E-state index contributed by atoms with van der Waals surface area (Å²) >= 11 is 0. The fourth-order valence-electron chi connectivity index (χ4n) is 2.96. The van der Waals surface area contributed by atoms with E-state index in [1.54, 1.807) is 49.2 Å². The number of carbonyl (C=O) groups is 2. The quantitative estimate of drug-likeness (QED) is 0.828. The molecule has 0 saturated carbocycles. The van der Waals surface area contributed by atoms with Crippen LogP contribution in [0.1, 0.15) is 18.9 Å². The molecule has 0 aliphatic carbocycles. The van der Waals surface area contributed by atoms with Gasteiger partial charge in [-0.2, -0.15) is 0 Å². The average molecular weight is 356 g/mol. The third-order valence-corrected chi connectivity index (χ3v) is 4.41. The molecule has 3 rings (SSSR count). The summed E-state index contributed by atoms with van der Waals surface area (Å²) in [6, 6.07) is 13.6. The van der Waals surface area contributed by atoms with Crippen molar-refractivity contribution in [2.75, 3.05) is 18.5 Å². The lowest BCUT2D eigenvalue weighted by Crippen LogP contribution is -2.45. The van der Waals surface area contributed by atoms with E-state index < -0.39 is 6.10 Å². The molecule has 0 radical (unpaired) electrons. The topological polar surface area (TPSA) is 49.9 Å². The molecule has 2 aromatic rings. The second kappa shape index (κ2) is 7.56. The van der Waals surface area contributed by atoms with Crippen molar-refractivity contribution in [3.63, 3.8) is 0 Å². The van der Waals surface area contributed by atoms with Gasteiger partial charge in [-0.3, -0.25) is 9.59 Å². The summed E-state index contributed by atoms with van der Waals surface area (Å²) in [6.07, 6.45) is -0.436. The molecular formula is C20H21FN2O3. The van der Waals surface area contributed by atoms with E-state index in [1.165, 1.54) is 11.0 Å². The predicted molar refractivity (Wildman–Crippen MR) is 96.4 cm³/mol. The molecular weight excluding hydrogens is 335 g/mol. The van der Waals surface area contributed by atoms with Crippen molar-refractivity contribution in [3.8, 4) is 5.75 Å². The fraction of sp³-hybridized carbons (Fsp3) is 0.300. The highest BCUT2D eigenvalue weighted by Gasteiger charge is 2.31.